The number of hydrogen-bond acceptors (Lipinski definition) is 5. The van der Waals surface area contributed by atoms with Crippen molar-refractivity contribution in [3.05, 3.63) is 83.2 Å². The highest BCUT2D eigenvalue weighted by Gasteiger charge is 2.27. The Bertz CT molecular complexity index is 1410. The lowest BCUT2D eigenvalue weighted by Crippen LogP contribution is -2.44. The molecule has 3 aromatic carbocycles. The first kappa shape index (κ1) is 27.2. The van der Waals surface area contributed by atoms with Crippen molar-refractivity contribution < 1.29 is 19.0 Å². The third-order valence-corrected chi connectivity index (χ3v) is 6.90. The Morgan fingerprint density at radius 1 is 1.00 bits per heavy atom. The molecular formula is C31H37N3O4. The van der Waals surface area contributed by atoms with Gasteiger partial charge in [0.25, 0.3) is 0 Å². The van der Waals surface area contributed by atoms with E-state index in [2.05, 4.69) is 26.0 Å². The lowest BCUT2D eigenvalue weighted by atomic mass is 10.0. The number of fused-ring (bicyclic) bond motifs is 1. The summed E-state index contributed by atoms with van der Waals surface area (Å²) in [6, 6.07) is 19.9. The Morgan fingerprint density at radius 3 is 2.47 bits per heavy atom. The summed E-state index contributed by atoms with van der Waals surface area (Å²) < 4.78 is 18.4. The predicted octanol–water partition coefficient (Wildman–Crippen LogP) is 5.58. The second kappa shape index (κ2) is 12.1. The monoisotopic (exact) mass is 515 g/mol. The first-order valence-electron chi connectivity index (χ1n) is 13.0. The highest BCUT2D eigenvalue weighted by Crippen LogP contribution is 2.31. The van der Waals surface area contributed by atoms with Crippen LogP contribution in [0.15, 0.2) is 60.7 Å². The summed E-state index contributed by atoms with van der Waals surface area (Å²) in [4.78, 5) is 21.0. The van der Waals surface area contributed by atoms with E-state index in [0.717, 1.165) is 45.7 Å². The first-order chi connectivity index (χ1) is 18.4. The van der Waals surface area contributed by atoms with Gasteiger partial charge in [-0.15, -0.1) is 0 Å². The molecule has 1 atom stereocenters. The molecule has 0 fully saturated rings. The normalized spacial score (nSPS) is 11.9. The summed E-state index contributed by atoms with van der Waals surface area (Å²) in [6.45, 7) is 6.81. The maximum Gasteiger partial charge on any atom is 0.247 e. The fourth-order valence-corrected chi connectivity index (χ4v) is 5.08. The molecule has 0 bridgehead atoms. The van der Waals surface area contributed by atoms with Gasteiger partial charge >= 0.3 is 0 Å². The molecule has 38 heavy (non-hydrogen) atoms. The first-order valence-corrected chi connectivity index (χ1v) is 13.0. The van der Waals surface area contributed by atoms with E-state index in [-0.39, 0.29) is 18.5 Å². The summed E-state index contributed by atoms with van der Waals surface area (Å²) in [5.74, 6) is 2.14. The van der Waals surface area contributed by atoms with E-state index in [1.54, 1.807) is 21.3 Å². The van der Waals surface area contributed by atoms with Crippen molar-refractivity contribution in [3.63, 3.8) is 0 Å². The van der Waals surface area contributed by atoms with Gasteiger partial charge in [-0.2, -0.15) is 0 Å². The number of carbonyl (C=O) groups is 1. The summed E-state index contributed by atoms with van der Waals surface area (Å²) in [6.07, 6.45) is 1.37. The van der Waals surface area contributed by atoms with Crippen molar-refractivity contribution in [1.82, 2.24) is 9.55 Å². The van der Waals surface area contributed by atoms with E-state index in [0.29, 0.717) is 24.5 Å². The molecule has 1 aromatic heterocycles. The second-order valence-electron chi connectivity index (χ2n) is 9.47. The van der Waals surface area contributed by atoms with Crippen LogP contribution in [-0.4, -0.2) is 49.4 Å². The molecule has 4 aromatic rings. The molecule has 0 N–H and O–H groups in total. The predicted molar refractivity (Wildman–Crippen MR) is 151 cm³/mol. The fraction of sp³-hybridized carbons (Fsp3) is 0.355. The van der Waals surface area contributed by atoms with Crippen LogP contribution in [0.2, 0.25) is 0 Å². The van der Waals surface area contributed by atoms with Crippen LogP contribution in [0, 0.1) is 6.92 Å². The van der Waals surface area contributed by atoms with Gasteiger partial charge in [0, 0.05) is 13.5 Å². The third-order valence-electron chi connectivity index (χ3n) is 6.90. The molecule has 1 amide bonds. The quantitative estimate of drug-likeness (QED) is 0.261. The molecule has 1 heterocycles. The molecule has 4 rings (SSSR count). The number of para-hydroxylation sites is 3. The Morgan fingerprint density at radius 2 is 1.76 bits per heavy atom. The number of ether oxygens (including phenoxy) is 3. The smallest absolute Gasteiger partial charge is 0.247 e. The van der Waals surface area contributed by atoms with E-state index in [1.807, 2.05) is 64.9 Å². The number of hydrogen-bond donors (Lipinski definition) is 0. The number of benzene rings is 3. The van der Waals surface area contributed by atoms with Crippen LogP contribution in [0.3, 0.4) is 0 Å². The molecule has 0 saturated carbocycles. The van der Waals surface area contributed by atoms with Gasteiger partial charge in [-0.25, -0.2) is 4.98 Å². The minimum Gasteiger partial charge on any atom is -0.493 e. The molecule has 0 spiro atoms. The van der Waals surface area contributed by atoms with Crippen LogP contribution in [0.4, 0.5) is 5.69 Å². The molecule has 0 aliphatic heterocycles. The molecule has 1 unspecified atom stereocenters. The minimum absolute atomic E-state index is 0.00438. The van der Waals surface area contributed by atoms with E-state index in [4.69, 9.17) is 19.2 Å². The Kier molecular flexibility index (Phi) is 8.69. The van der Waals surface area contributed by atoms with Gasteiger partial charge in [0.15, 0.2) is 11.5 Å². The zero-order chi connectivity index (χ0) is 27.2. The summed E-state index contributed by atoms with van der Waals surface area (Å²) in [5, 5.41) is 0. The fourth-order valence-electron chi connectivity index (χ4n) is 5.08. The number of anilines is 1. The molecule has 7 heteroatoms. The zero-order valence-corrected chi connectivity index (χ0v) is 23.2. The number of amides is 1. The number of nitrogens with zero attached hydrogens (tertiary/aromatic N) is 3. The van der Waals surface area contributed by atoms with Crippen LogP contribution >= 0.6 is 0 Å². The average Bonchev–Trinajstić information content (AvgIpc) is 3.26. The van der Waals surface area contributed by atoms with Gasteiger partial charge in [-0.05, 0) is 61.2 Å². The van der Waals surface area contributed by atoms with Gasteiger partial charge < -0.3 is 23.7 Å². The van der Waals surface area contributed by atoms with Crippen molar-refractivity contribution in [1.29, 1.82) is 0 Å². The highest BCUT2D eigenvalue weighted by atomic mass is 16.5. The Balaban J connectivity index is 1.76. The standard InChI is InChI=1S/C31H37N3O4/c1-7-24-12-10-11-21(2)31(24)34(22(3)20-36-4)30(35)19-33-26-14-9-8-13-25(26)32-29(33)18-23-15-16-27(37-5)28(17-23)38-6/h8-17,22H,7,18-20H2,1-6H3. The molecular weight excluding hydrogens is 478 g/mol. The van der Waals surface area contributed by atoms with Gasteiger partial charge in [-0.1, -0.05) is 43.3 Å². The van der Waals surface area contributed by atoms with Crippen molar-refractivity contribution >= 4 is 22.6 Å². The number of methoxy groups -OCH3 is 3. The van der Waals surface area contributed by atoms with Crippen molar-refractivity contribution in [2.75, 3.05) is 32.8 Å². The number of imidazole rings is 1. The molecule has 0 aliphatic rings. The van der Waals surface area contributed by atoms with E-state index >= 15 is 0 Å². The average molecular weight is 516 g/mol. The number of rotatable bonds is 11. The Hall–Kier alpha value is -3.84. The minimum atomic E-state index is -0.136. The third kappa shape index (κ3) is 5.53. The number of carbonyl (C=O) groups excluding carboxylic acids is 1. The molecule has 0 radical (unpaired) electrons. The summed E-state index contributed by atoms with van der Waals surface area (Å²) >= 11 is 0. The maximum atomic E-state index is 14.2. The molecule has 7 nitrogen and oxygen atoms in total. The Labute approximate surface area is 225 Å². The van der Waals surface area contributed by atoms with Crippen LogP contribution in [0.1, 0.15) is 36.4 Å². The lowest BCUT2D eigenvalue weighted by Gasteiger charge is -2.32. The van der Waals surface area contributed by atoms with Gasteiger partial charge in [0.2, 0.25) is 5.91 Å². The van der Waals surface area contributed by atoms with Gasteiger partial charge in [0.05, 0.1) is 43.6 Å². The number of aryl methyl sites for hydroxylation is 2. The van der Waals surface area contributed by atoms with Crippen molar-refractivity contribution in [3.8, 4) is 11.5 Å². The van der Waals surface area contributed by atoms with E-state index in [9.17, 15) is 4.79 Å². The molecule has 200 valence electrons. The largest absolute Gasteiger partial charge is 0.493 e. The zero-order valence-electron chi connectivity index (χ0n) is 23.2. The van der Waals surface area contributed by atoms with Crippen LogP contribution in [0.5, 0.6) is 11.5 Å². The number of aromatic nitrogens is 2. The second-order valence-corrected chi connectivity index (χ2v) is 9.47. The lowest BCUT2D eigenvalue weighted by molar-refractivity contribution is -0.119. The van der Waals surface area contributed by atoms with E-state index in [1.165, 1.54) is 0 Å². The SMILES string of the molecule is CCc1cccc(C)c1N(C(=O)Cn1c(Cc2ccc(OC)c(OC)c2)nc2ccccc21)C(C)COC. The van der Waals surface area contributed by atoms with Crippen molar-refractivity contribution in [2.45, 2.75) is 46.2 Å². The highest BCUT2D eigenvalue weighted by molar-refractivity contribution is 5.96. The van der Waals surface area contributed by atoms with Crippen LogP contribution in [-0.2, 0) is 28.9 Å². The molecule has 0 saturated heterocycles. The molecule has 0 aliphatic carbocycles. The van der Waals surface area contributed by atoms with Crippen LogP contribution < -0.4 is 14.4 Å². The van der Waals surface area contributed by atoms with Gasteiger partial charge in [0.1, 0.15) is 12.4 Å². The topological polar surface area (TPSA) is 65.8 Å². The maximum absolute atomic E-state index is 14.2. The summed E-state index contributed by atoms with van der Waals surface area (Å²) in [5.41, 5.74) is 5.98. The van der Waals surface area contributed by atoms with Gasteiger partial charge in [-0.3, -0.25) is 4.79 Å². The van der Waals surface area contributed by atoms with Crippen LogP contribution in [0.25, 0.3) is 11.0 Å². The van der Waals surface area contributed by atoms with Crippen molar-refractivity contribution in [2.24, 2.45) is 0 Å². The van der Waals surface area contributed by atoms with E-state index < -0.39 is 0 Å². The summed E-state index contributed by atoms with van der Waals surface area (Å²) in [7, 11) is 4.92.